The van der Waals surface area contributed by atoms with Crippen molar-refractivity contribution in [1.82, 2.24) is 0 Å². The molecule has 3 heteroatoms. The van der Waals surface area contributed by atoms with Crippen molar-refractivity contribution >= 4 is 5.97 Å². The van der Waals surface area contributed by atoms with Crippen molar-refractivity contribution in [2.45, 2.75) is 45.1 Å². The Hall–Kier alpha value is -0.570. The highest BCUT2D eigenvalue weighted by molar-refractivity contribution is 5.76. The number of carbonyl (C=O) groups is 1. The Labute approximate surface area is 79.1 Å². The molecule has 0 amide bonds. The summed E-state index contributed by atoms with van der Waals surface area (Å²) < 4.78 is 4.82. The highest BCUT2D eigenvalue weighted by Gasteiger charge is 2.44. The molecule has 0 aromatic carbocycles. The maximum absolute atomic E-state index is 11.2. The van der Waals surface area contributed by atoms with Crippen molar-refractivity contribution in [3.8, 4) is 0 Å². The first-order chi connectivity index (χ1) is 6.08. The van der Waals surface area contributed by atoms with Crippen LogP contribution in [0.4, 0.5) is 0 Å². The van der Waals surface area contributed by atoms with Gasteiger partial charge in [0, 0.05) is 0 Å². The Morgan fingerprint density at radius 1 is 1.62 bits per heavy atom. The molecule has 1 rings (SSSR count). The summed E-state index contributed by atoms with van der Waals surface area (Å²) in [5.41, 5.74) is -0.940. The second kappa shape index (κ2) is 4.09. The van der Waals surface area contributed by atoms with Crippen LogP contribution in [0.15, 0.2) is 0 Å². The highest BCUT2D eigenvalue weighted by Crippen LogP contribution is 2.30. The summed E-state index contributed by atoms with van der Waals surface area (Å²) in [5, 5.41) is 9.78. The minimum atomic E-state index is -0.940. The Balaban J connectivity index is 2.41. The predicted octanol–water partition coefficient (Wildman–Crippen LogP) is 1.49. The summed E-state index contributed by atoms with van der Waals surface area (Å²) >= 11 is 0. The van der Waals surface area contributed by atoms with Gasteiger partial charge in [-0.1, -0.05) is 26.2 Å². The molecule has 1 saturated heterocycles. The summed E-state index contributed by atoms with van der Waals surface area (Å²) in [6.07, 6.45) is 3.98. The van der Waals surface area contributed by atoms with Crippen molar-refractivity contribution in [3.63, 3.8) is 0 Å². The molecule has 1 fully saturated rings. The number of carbonyl (C=O) groups excluding carboxylic acids is 1. The number of ether oxygens (including phenoxy) is 1. The average Bonchev–Trinajstić information content (AvgIpc) is 2.31. The monoisotopic (exact) mass is 186 g/mol. The molecular weight excluding hydrogens is 168 g/mol. The number of hydrogen-bond donors (Lipinski definition) is 1. The molecule has 0 aliphatic carbocycles. The SMILES string of the molecule is CCCCCC1C(=O)OCC1(C)O. The number of esters is 1. The number of aliphatic hydroxyl groups is 1. The van der Waals surface area contributed by atoms with E-state index in [0.717, 1.165) is 25.7 Å². The fourth-order valence-corrected chi connectivity index (χ4v) is 1.70. The lowest BCUT2D eigenvalue weighted by molar-refractivity contribution is -0.141. The Bertz CT molecular complexity index is 187. The molecule has 0 radical (unpaired) electrons. The van der Waals surface area contributed by atoms with Crippen molar-refractivity contribution in [2.75, 3.05) is 6.61 Å². The minimum absolute atomic E-state index is 0.155. The van der Waals surface area contributed by atoms with Crippen LogP contribution >= 0.6 is 0 Å². The normalized spacial score (nSPS) is 33.5. The third-order valence-electron chi connectivity index (χ3n) is 2.64. The minimum Gasteiger partial charge on any atom is -0.462 e. The van der Waals surface area contributed by atoms with Crippen LogP contribution in [0.1, 0.15) is 39.5 Å². The maximum Gasteiger partial charge on any atom is 0.312 e. The van der Waals surface area contributed by atoms with E-state index in [0.29, 0.717) is 0 Å². The van der Waals surface area contributed by atoms with E-state index < -0.39 is 5.60 Å². The fourth-order valence-electron chi connectivity index (χ4n) is 1.70. The second-order valence-electron chi connectivity index (χ2n) is 4.01. The van der Waals surface area contributed by atoms with Gasteiger partial charge in [0.15, 0.2) is 0 Å². The van der Waals surface area contributed by atoms with Crippen LogP contribution in [0.3, 0.4) is 0 Å². The Kier molecular flexibility index (Phi) is 3.31. The quantitative estimate of drug-likeness (QED) is 0.534. The standard InChI is InChI=1S/C10H18O3/c1-3-4-5-6-8-9(11)13-7-10(8,2)12/h8,12H,3-7H2,1-2H3. The van der Waals surface area contributed by atoms with Crippen LogP contribution < -0.4 is 0 Å². The lowest BCUT2D eigenvalue weighted by Gasteiger charge is -2.19. The zero-order chi connectivity index (χ0) is 9.90. The third kappa shape index (κ3) is 2.44. The summed E-state index contributed by atoms with van der Waals surface area (Å²) in [6, 6.07) is 0. The van der Waals surface area contributed by atoms with E-state index in [-0.39, 0.29) is 18.5 Å². The molecule has 2 unspecified atom stereocenters. The van der Waals surface area contributed by atoms with E-state index in [9.17, 15) is 9.90 Å². The lowest BCUT2D eigenvalue weighted by Crippen LogP contribution is -2.34. The number of unbranched alkanes of at least 4 members (excludes halogenated alkanes) is 2. The van der Waals surface area contributed by atoms with Crippen LogP contribution in [-0.4, -0.2) is 23.3 Å². The zero-order valence-electron chi connectivity index (χ0n) is 8.38. The van der Waals surface area contributed by atoms with Crippen LogP contribution in [-0.2, 0) is 9.53 Å². The van der Waals surface area contributed by atoms with E-state index in [4.69, 9.17) is 4.74 Å². The van der Waals surface area contributed by atoms with Crippen LogP contribution in [0.5, 0.6) is 0 Å². The number of cyclic esters (lactones) is 1. The van der Waals surface area contributed by atoms with E-state index >= 15 is 0 Å². The molecule has 2 atom stereocenters. The van der Waals surface area contributed by atoms with Gasteiger partial charge in [0.2, 0.25) is 0 Å². The van der Waals surface area contributed by atoms with E-state index in [2.05, 4.69) is 6.92 Å². The molecule has 1 aliphatic rings. The zero-order valence-corrected chi connectivity index (χ0v) is 8.38. The van der Waals surface area contributed by atoms with Crippen LogP contribution in [0.25, 0.3) is 0 Å². The molecule has 3 nitrogen and oxygen atoms in total. The Morgan fingerprint density at radius 3 is 2.77 bits per heavy atom. The van der Waals surface area contributed by atoms with Gasteiger partial charge in [-0.2, -0.15) is 0 Å². The summed E-state index contributed by atoms with van der Waals surface area (Å²) in [7, 11) is 0. The van der Waals surface area contributed by atoms with Crippen molar-refractivity contribution in [2.24, 2.45) is 5.92 Å². The van der Waals surface area contributed by atoms with Gasteiger partial charge in [-0.05, 0) is 13.3 Å². The highest BCUT2D eigenvalue weighted by atomic mass is 16.6. The molecule has 0 saturated carbocycles. The predicted molar refractivity (Wildman–Crippen MR) is 49.2 cm³/mol. The molecule has 0 bridgehead atoms. The molecule has 1 heterocycles. The van der Waals surface area contributed by atoms with Gasteiger partial charge in [-0.25, -0.2) is 0 Å². The van der Waals surface area contributed by atoms with Crippen molar-refractivity contribution < 1.29 is 14.6 Å². The molecule has 0 aromatic heterocycles. The van der Waals surface area contributed by atoms with E-state index in [1.54, 1.807) is 6.92 Å². The van der Waals surface area contributed by atoms with E-state index in [1.807, 2.05) is 0 Å². The van der Waals surface area contributed by atoms with Crippen LogP contribution in [0, 0.1) is 5.92 Å². The van der Waals surface area contributed by atoms with Crippen molar-refractivity contribution in [1.29, 1.82) is 0 Å². The smallest absolute Gasteiger partial charge is 0.312 e. The molecule has 1 N–H and O–H groups in total. The summed E-state index contributed by atoms with van der Waals surface area (Å²) in [4.78, 5) is 11.2. The van der Waals surface area contributed by atoms with Crippen molar-refractivity contribution in [3.05, 3.63) is 0 Å². The summed E-state index contributed by atoms with van der Waals surface area (Å²) in [6.45, 7) is 3.95. The molecule has 1 aliphatic heterocycles. The largest absolute Gasteiger partial charge is 0.462 e. The third-order valence-corrected chi connectivity index (χ3v) is 2.64. The van der Waals surface area contributed by atoms with Gasteiger partial charge >= 0.3 is 5.97 Å². The molecule has 0 spiro atoms. The molecular formula is C10H18O3. The topological polar surface area (TPSA) is 46.5 Å². The van der Waals surface area contributed by atoms with Gasteiger partial charge in [0.05, 0.1) is 5.92 Å². The molecule has 0 aromatic rings. The first-order valence-electron chi connectivity index (χ1n) is 4.97. The summed E-state index contributed by atoms with van der Waals surface area (Å²) in [5.74, 6) is -0.542. The second-order valence-corrected chi connectivity index (χ2v) is 4.01. The Morgan fingerprint density at radius 2 is 2.31 bits per heavy atom. The number of rotatable bonds is 4. The first kappa shape index (κ1) is 10.5. The average molecular weight is 186 g/mol. The van der Waals surface area contributed by atoms with Gasteiger partial charge < -0.3 is 9.84 Å². The lowest BCUT2D eigenvalue weighted by atomic mass is 9.88. The fraction of sp³-hybridized carbons (Fsp3) is 0.900. The first-order valence-corrected chi connectivity index (χ1v) is 4.97. The maximum atomic E-state index is 11.2. The van der Waals surface area contributed by atoms with E-state index in [1.165, 1.54) is 0 Å². The van der Waals surface area contributed by atoms with Gasteiger partial charge in [-0.3, -0.25) is 4.79 Å². The van der Waals surface area contributed by atoms with Gasteiger partial charge in [-0.15, -0.1) is 0 Å². The van der Waals surface area contributed by atoms with Gasteiger partial charge in [0.25, 0.3) is 0 Å². The molecule has 13 heavy (non-hydrogen) atoms. The number of hydrogen-bond acceptors (Lipinski definition) is 3. The molecule has 76 valence electrons. The van der Waals surface area contributed by atoms with Gasteiger partial charge in [0.1, 0.15) is 12.2 Å². The van der Waals surface area contributed by atoms with Crippen LogP contribution in [0.2, 0.25) is 0 Å².